The summed E-state index contributed by atoms with van der Waals surface area (Å²) in [5.41, 5.74) is 0. The SMILES string of the molecule is CCC(C)CC(C)(Cl)C(C)C(C)C. The predicted octanol–water partition coefficient (Wildman–Crippen LogP) is 4.71. The molecule has 0 saturated carbocycles. The van der Waals surface area contributed by atoms with Gasteiger partial charge in [-0.2, -0.15) is 0 Å². The van der Waals surface area contributed by atoms with Crippen molar-refractivity contribution < 1.29 is 0 Å². The van der Waals surface area contributed by atoms with Gasteiger partial charge in [-0.25, -0.2) is 0 Å². The highest BCUT2D eigenvalue weighted by Gasteiger charge is 2.31. The van der Waals surface area contributed by atoms with Crippen molar-refractivity contribution in [3.8, 4) is 0 Å². The molecular weight excluding hydrogens is 180 g/mol. The standard InChI is InChI=1S/C12H25Cl/c1-7-10(4)8-12(6,13)11(5)9(2)3/h9-11H,7-8H2,1-6H3. The van der Waals surface area contributed by atoms with Gasteiger partial charge >= 0.3 is 0 Å². The van der Waals surface area contributed by atoms with Crippen LogP contribution in [-0.2, 0) is 0 Å². The summed E-state index contributed by atoms with van der Waals surface area (Å²) in [5, 5.41) is 0. The Morgan fingerprint density at radius 1 is 1.15 bits per heavy atom. The highest BCUT2D eigenvalue weighted by Crippen LogP contribution is 2.36. The molecule has 0 fully saturated rings. The summed E-state index contributed by atoms with van der Waals surface area (Å²) < 4.78 is 0. The third kappa shape index (κ3) is 4.35. The van der Waals surface area contributed by atoms with Crippen molar-refractivity contribution in [3.63, 3.8) is 0 Å². The van der Waals surface area contributed by atoms with E-state index in [9.17, 15) is 0 Å². The first-order valence-corrected chi connectivity index (χ1v) is 5.88. The molecule has 80 valence electrons. The summed E-state index contributed by atoms with van der Waals surface area (Å²) in [4.78, 5) is -0.0242. The molecular formula is C12H25Cl. The number of hydrogen-bond donors (Lipinski definition) is 0. The van der Waals surface area contributed by atoms with Crippen LogP contribution < -0.4 is 0 Å². The Hall–Kier alpha value is 0.290. The van der Waals surface area contributed by atoms with Gasteiger partial charge in [0, 0.05) is 4.87 Å². The number of alkyl halides is 1. The van der Waals surface area contributed by atoms with Crippen LogP contribution in [0.15, 0.2) is 0 Å². The second-order valence-corrected chi connectivity index (χ2v) is 5.89. The molecule has 0 aliphatic carbocycles. The Bertz CT molecular complexity index is 138. The lowest BCUT2D eigenvalue weighted by Gasteiger charge is -2.34. The molecule has 0 N–H and O–H groups in total. The molecule has 13 heavy (non-hydrogen) atoms. The maximum Gasteiger partial charge on any atom is 0.0449 e. The lowest BCUT2D eigenvalue weighted by atomic mass is 9.80. The van der Waals surface area contributed by atoms with Gasteiger partial charge in [-0.05, 0) is 31.1 Å². The van der Waals surface area contributed by atoms with Gasteiger partial charge < -0.3 is 0 Å². The normalized spacial score (nSPS) is 21.2. The number of halogens is 1. The molecule has 3 atom stereocenters. The lowest BCUT2D eigenvalue weighted by molar-refractivity contribution is 0.276. The van der Waals surface area contributed by atoms with Crippen LogP contribution in [0.4, 0.5) is 0 Å². The van der Waals surface area contributed by atoms with E-state index < -0.39 is 0 Å². The van der Waals surface area contributed by atoms with Crippen molar-refractivity contribution in [3.05, 3.63) is 0 Å². The van der Waals surface area contributed by atoms with E-state index in [1.165, 1.54) is 6.42 Å². The van der Waals surface area contributed by atoms with Gasteiger partial charge in [-0.3, -0.25) is 0 Å². The third-order valence-corrected chi connectivity index (χ3v) is 3.89. The summed E-state index contributed by atoms with van der Waals surface area (Å²) in [6.45, 7) is 13.5. The molecule has 0 rings (SSSR count). The van der Waals surface area contributed by atoms with Gasteiger partial charge in [0.15, 0.2) is 0 Å². The molecule has 0 spiro atoms. The molecule has 0 aliphatic heterocycles. The van der Waals surface area contributed by atoms with Crippen LogP contribution in [-0.4, -0.2) is 4.87 Å². The molecule has 3 unspecified atom stereocenters. The molecule has 0 aromatic rings. The molecule has 0 nitrogen and oxygen atoms in total. The van der Waals surface area contributed by atoms with Gasteiger partial charge in [0.2, 0.25) is 0 Å². The maximum atomic E-state index is 6.56. The van der Waals surface area contributed by atoms with E-state index >= 15 is 0 Å². The zero-order valence-electron chi connectivity index (χ0n) is 10.0. The molecule has 0 aliphatic rings. The smallest absolute Gasteiger partial charge is 0.0449 e. The fourth-order valence-corrected chi connectivity index (χ4v) is 2.22. The predicted molar refractivity (Wildman–Crippen MR) is 62.3 cm³/mol. The Morgan fingerprint density at radius 2 is 1.62 bits per heavy atom. The maximum absolute atomic E-state index is 6.56. The first-order chi connectivity index (χ1) is 5.81. The second-order valence-electron chi connectivity index (χ2n) is 5.03. The van der Waals surface area contributed by atoms with Crippen LogP contribution in [0.5, 0.6) is 0 Å². The van der Waals surface area contributed by atoms with E-state index in [0.29, 0.717) is 11.8 Å². The van der Waals surface area contributed by atoms with Crippen molar-refractivity contribution in [2.75, 3.05) is 0 Å². The molecule has 0 aromatic carbocycles. The van der Waals surface area contributed by atoms with Gasteiger partial charge in [-0.15, -0.1) is 11.6 Å². The average Bonchev–Trinajstić information content (AvgIpc) is 2.01. The van der Waals surface area contributed by atoms with Crippen molar-refractivity contribution >= 4 is 11.6 Å². The summed E-state index contributed by atoms with van der Waals surface area (Å²) in [6, 6.07) is 0. The fourth-order valence-electron chi connectivity index (χ4n) is 1.71. The summed E-state index contributed by atoms with van der Waals surface area (Å²) >= 11 is 6.56. The van der Waals surface area contributed by atoms with Crippen molar-refractivity contribution in [1.29, 1.82) is 0 Å². The van der Waals surface area contributed by atoms with Crippen LogP contribution >= 0.6 is 11.6 Å². The van der Waals surface area contributed by atoms with E-state index in [0.717, 1.165) is 12.3 Å². The summed E-state index contributed by atoms with van der Waals surface area (Å²) in [5.74, 6) is 2.00. The van der Waals surface area contributed by atoms with Gasteiger partial charge in [0.05, 0.1) is 0 Å². The highest BCUT2D eigenvalue weighted by atomic mass is 35.5. The molecule has 1 heteroatoms. The lowest BCUT2D eigenvalue weighted by Crippen LogP contribution is -2.31. The fraction of sp³-hybridized carbons (Fsp3) is 1.00. The Morgan fingerprint density at radius 3 is 1.92 bits per heavy atom. The van der Waals surface area contributed by atoms with Gasteiger partial charge in [0.1, 0.15) is 0 Å². The van der Waals surface area contributed by atoms with E-state index in [1.807, 2.05) is 0 Å². The molecule has 0 amide bonds. The van der Waals surface area contributed by atoms with E-state index in [1.54, 1.807) is 0 Å². The molecule has 0 saturated heterocycles. The molecule has 0 radical (unpaired) electrons. The summed E-state index contributed by atoms with van der Waals surface area (Å²) in [6.07, 6.45) is 2.36. The zero-order chi connectivity index (χ0) is 10.6. The van der Waals surface area contributed by atoms with Crippen LogP contribution in [0.25, 0.3) is 0 Å². The topological polar surface area (TPSA) is 0 Å². The Labute approximate surface area is 89.1 Å². The second kappa shape index (κ2) is 5.24. The van der Waals surface area contributed by atoms with E-state index in [-0.39, 0.29) is 4.87 Å². The van der Waals surface area contributed by atoms with Crippen LogP contribution in [0.3, 0.4) is 0 Å². The highest BCUT2D eigenvalue weighted by molar-refractivity contribution is 6.23. The van der Waals surface area contributed by atoms with Crippen molar-refractivity contribution in [2.24, 2.45) is 17.8 Å². The zero-order valence-corrected chi connectivity index (χ0v) is 10.8. The largest absolute Gasteiger partial charge is 0.119 e. The van der Waals surface area contributed by atoms with Crippen molar-refractivity contribution in [2.45, 2.75) is 59.3 Å². The van der Waals surface area contributed by atoms with E-state index in [2.05, 4.69) is 41.5 Å². The Kier molecular flexibility index (Phi) is 5.36. The first kappa shape index (κ1) is 13.3. The first-order valence-electron chi connectivity index (χ1n) is 5.50. The molecule has 0 bridgehead atoms. The van der Waals surface area contributed by atoms with Crippen LogP contribution in [0, 0.1) is 17.8 Å². The molecule has 0 aromatic heterocycles. The average molecular weight is 205 g/mol. The Balaban J connectivity index is 4.21. The quantitative estimate of drug-likeness (QED) is 0.569. The number of rotatable bonds is 5. The van der Waals surface area contributed by atoms with Gasteiger partial charge in [0.25, 0.3) is 0 Å². The third-order valence-electron chi connectivity index (χ3n) is 3.39. The van der Waals surface area contributed by atoms with Crippen molar-refractivity contribution in [1.82, 2.24) is 0 Å². The summed E-state index contributed by atoms with van der Waals surface area (Å²) in [7, 11) is 0. The minimum Gasteiger partial charge on any atom is -0.119 e. The van der Waals surface area contributed by atoms with E-state index in [4.69, 9.17) is 11.6 Å². The molecule has 0 heterocycles. The van der Waals surface area contributed by atoms with Crippen LogP contribution in [0.2, 0.25) is 0 Å². The monoisotopic (exact) mass is 204 g/mol. The van der Waals surface area contributed by atoms with Crippen LogP contribution in [0.1, 0.15) is 54.4 Å². The minimum atomic E-state index is -0.0242. The van der Waals surface area contributed by atoms with Gasteiger partial charge in [-0.1, -0.05) is 41.0 Å². The minimum absolute atomic E-state index is 0.0242. The number of hydrogen-bond acceptors (Lipinski definition) is 0.